The number of aliphatic hydroxyl groups is 1. The van der Waals surface area contributed by atoms with E-state index in [1.807, 2.05) is 54.6 Å². The van der Waals surface area contributed by atoms with E-state index < -0.39 is 30.2 Å². The van der Waals surface area contributed by atoms with Gasteiger partial charge in [0.1, 0.15) is 11.8 Å². The molecule has 1 heterocycles. The van der Waals surface area contributed by atoms with Gasteiger partial charge in [-0.3, -0.25) is 0 Å². The van der Waals surface area contributed by atoms with E-state index in [2.05, 4.69) is 0 Å². The molecule has 0 radical (unpaired) electrons. The van der Waals surface area contributed by atoms with Crippen molar-refractivity contribution in [2.75, 3.05) is 26.3 Å². The Hall–Kier alpha value is -3.92. The summed E-state index contributed by atoms with van der Waals surface area (Å²) in [6.45, 7) is 1.72. The number of carboxylic acids is 1. The van der Waals surface area contributed by atoms with Crippen LogP contribution in [0, 0.1) is 0 Å². The molecule has 0 spiro atoms. The molecule has 4 rings (SSSR count). The molecule has 0 aliphatic carbocycles. The molecule has 3 atom stereocenters. The van der Waals surface area contributed by atoms with Gasteiger partial charge in [-0.1, -0.05) is 54.6 Å². The number of aliphatic hydroxyl groups excluding tert-OH is 1. The van der Waals surface area contributed by atoms with E-state index in [-0.39, 0.29) is 25.3 Å². The Morgan fingerprint density at radius 2 is 1.56 bits per heavy atom. The minimum absolute atomic E-state index is 0.0402. The lowest BCUT2D eigenvalue weighted by atomic mass is 9.84. The zero-order chi connectivity index (χ0) is 27.6. The third-order valence-corrected chi connectivity index (χ3v) is 6.62. The molecule has 3 aromatic rings. The smallest absolute Gasteiger partial charge is 0.335 e. The lowest BCUT2D eigenvalue weighted by molar-refractivity contribution is -0.270. The van der Waals surface area contributed by atoms with Crippen LogP contribution in [0.3, 0.4) is 0 Å². The van der Waals surface area contributed by atoms with Crippen LogP contribution in [0.15, 0.2) is 78.9 Å². The van der Waals surface area contributed by atoms with Crippen LogP contribution in [-0.2, 0) is 22.7 Å². The maximum atomic E-state index is 11.5. The van der Waals surface area contributed by atoms with Crippen molar-refractivity contribution >= 4 is 12.1 Å². The zero-order valence-electron chi connectivity index (χ0n) is 21.5. The van der Waals surface area contributed by atoms with Crippen LogP contribution in [-0.4, -0.2) is 65.7 Å². The first kappa shape index (κ1) is 28.1. The molecule has 1 amide bonds. The summed E-state index contributed by atoms with van der Waals surface area (Å²) in [5, 5.41) is 31.5. The minimum Gasteiger partial charge on any atom is -0.530 e. The average Bonchev–Trinajstić information content (AvgIpc) is 2.94. The highest BCUT2D eigenvalue weighted by Gasteiger charge is 2.38. The van der Waals surface area contributed by atoms with E-state index in [0.29, 0.717) is 25.6 Å². The van der Waals surface area contributed by atoms with Crippen molar-refractivity contribution in [3.8, 4) is 5.75 Å². The topological polar surface area (TPSA) is 129 Å². The van der Waals surface area contributed by atoms with Gasteiger partial charge in [0.15, 0.2) is 0 Å². The first-order valence-corrected chi connectivity index (χ1v) is 12.8. The normalized spacial score (nSPS) is 19.0. The van der Waals surface area contributed by atoms with Crippen molar-refractivity contribution in [1.82, 2.24) is 4.90 Å². The minimum atomic E-state index is -1.37. The predicted octanol–water partition coefficient (Wildman–Crippen LogP) is 3.06. The number of likely N-dealkylation sites (tertiary alicyclic amines) is 1. The number of rotatable bonds is 12. The van der Waals surface area contributed by atoms with Gasteiger partial charge in [-0.2, -0.15) is 0 Å². The van der Waals surface area contributed by atoms with Crippen molar-refractivity contribution in [3.63, 3.8) is 0 Å². The SMILES string of the molecule is O=C(O)c1ccc(COC2CN(C(=O)[O-])CC(O)C2c2ccc(OCCCOCc3ccccc3)cc2)cc1. The second-order valence-corrected chi connectivity index (χ2v) is 9.42. The van der Waals surface area contributed by atoms with E-state index >= 15 is 0 Å². The number of nitrogens with zero attached hydrogens (tertiary/aromatic N) is 1. The molecule has 9 heteroatoms. The number of aromatic carboxylic acids is 1. The summed E-state index contributed by atoms with van der Waals surface area (Å²) in [6.07, 6.45) is -2.27. The van der Waals surface area contributed by atoms with Crippen molar-refractivity contribution in [2.45, 2.75) is 37.8 Å². The summed E-state index contributed by atoms with van der Waals surface area (Å²) in [7, 11) is 0. The summed E-state index contributed by atoms with van der Waals surface area (Å²) in [5.74, 6) is -0.815. The maximum Gasteiger partial charge on any atom is 0.335 e. The second-order valence-electron chi connectivity index (χ2n) is 9.42. The number of benzene rings is 3. The highest BCUT2D eigenvalue weighted by atomic mass is 16.5. The monoisotopic (exact) mass is 534 g/mol. The summed E-state index contributed by atoms with van der Waals surface area (Å²) < 4.78 is 17.6. The van der Waals surface area contributed by atoms with Gasteiger partial charge in [0, 0.05) is 25.4 Å². The number of carbonyl (C=O) groups is 2. The van der Waals surface area contributed by atoms with Crippen molar-refractivity contribution in [3.05, 3.63) is 101 Å². The highest BCUT2D eigenvalue weighted by molar-refractivity contribution is 5.87. The molecule has 1 fully saturated rings. The molecule has 206 valence electrons. The molecular weight excluding hydrogens is 502 g/mol. The number of hydrogen-bond donors (Lipinski definition) is 2. The molecule has 1 saturated heterocycles. The Balaban J connectivity index is 1.32. The van der Waals surface area contributed by atoms with Gasteiger partial charge >= 0.3 is 5.97 Å². The van der Waals surface area contributed by atoms with E-state index in [1.165, 1.54) is 12.1 Å². The van der Waals surface area contributed by atoms with Crippen LogP contribution in [0.2, 0.25) is 0 Å². The Morgan fingerprint density at radius 1 is 0.872 bits per heavy atom. The van der Waals surface area contributed by atoms with Crippen LogP contribution >= 0.6 is 0 Å². The number of β-amino-alcohol motifs (C(OH)–C–C–N with tert-alkyl or cyclic N) is 1. The Kier molecular flexibility index (Phi) is 9.91. The standard InChI is InChI=1S/C30H33NO8/c32-26-17-31(30(35)36)18-27(39-20-22-7-9-24(10-8-22)29(33)34)28(26)23-11-13-25(14-12-23)38-16-4-15-37-19-21-5-2-1-3-6-21/h1-3,5-14,26-28,32H,4,15-20H2,(H,33,34)(H,35,36)/p-1. The zero-order valence-corrected chi connectivity index (χ0v) is 21.5. The number of carbonyl (C=O) groups excluding carboxylic acids is 1. The van der Waals surface area contributed by atoms with Crippen LogP contribution in [0.4, 0.5) is 4.79 Å². The molecule has 1 aliphatic heterocycles. The number of piperidine rings is 1. The predicted molar refractivity (Wildman–Crippen MR) is 140 cm³/mol. The molecule has 2 N–H and O–H groups in total. The quantitative estimate of drug-likeness (QED) is 0.339. The molecular formula is C30H32NO8-. The fourth-order valence-electron chi connectivity index (χ4n) is 4.58. The number of hydrogen-bond acceptors (Lipinski definition) is 7. The Labute approximate surface area is 227 Å². The molecule has 0 aromatic heterocycles. The lowest BCUT2D eigenvalue weighted by Crippen LogP contribution is -2.56. The van der Waals surface area contributed by atoms with Crippen LogP contribution < -0.4 is 9.84 Å². The number of carboxylic acid groups (broad SMARTS) is 2. The van der Waals surface area contributed by atoms with Crippen LogP contribution in [0.1, 0.15) is 39.4 Å². The first-order chi connectivity index (χ1) is 18.9. The summed E-state index contributed by atoms with van der Waals surface area (Å²) in [6, 6.07) is 23.6. The van der Waals surface area contributed by atoms with E-state index in [4.69, 9.17) is 19.3 Å². The van der Waals surface area contributed by atoms with E-state index in [1.54, 1.807) is 12.1 Å². The van der Waals surface area contributed by atoms with Crippen LogP contribution in [0.5, 0.6) is 5.75 Å². The second kappa shape index (κ2) is 13.7. The lowest BCUT2D eigenvalue weighted by Gasteiger charge is -2.43. The van der Waals surface area contributed by atoms with Gasteiger partial charge in [-0.25, -0.2) is 4.79 Å². The van der Waals surface area contributed by atoms with Gasteiger partial charge in [0.05, 0.1) is 44.2 Å². The molecule has 1 aliphatic rings. The molecule has 0 bridgehead atoms. The van der Waals surface area contributed by atoms with Crippen molar-refractivity contribution < 1.29 is 39.1 Å². The molecule has 0 saturated carbocycles. The molecule has 3 aromatic carbocycles. The van der Waals surface area contributed by atoms with E-state index in [0.717, 1.165) is 28.0 Å². The van der Waals surface area contributed by atoms with Gasteiger partial charge < -0.3 is 39.2 Å². The van der Waals surface area contributed by atoms with Gasteiger partial charge in [-0.05, 0) is 41.0 Å². The maximum absolute atomic E-state index is 11.5. The van der Waals surface area contributed by atoms with Gasteiger partial charge in [-0.15, -0.1) is 0 Å². The third kappa shape index (κ3) is 8.03. The summed E-state index contributed by atoms with van der Waals surface area (Å²) >= 11 is 0. The third-order valence-electron chi connectivity index (χ3n) is 6.62. The molecule has 39 heavy (non-hydrogen) atoms. The van der Waals surface area contributed by atoms with Crippen LogP contribution in [0.25, 0.3) is 0 Å². The fraction of sp³-hybridized carbons (Fsp3) is 0.333. The first-order valence-electron chi connectivity index (χ1n) is 12.8. The molecule has 9 nitrogen and oxygen atoms in total. The largest absolute Gasteiger partial charge is 0.530 e. The fourth-order valence-corrected chi connectivity index (χ4v) is 4.58. The van der Waals surface area contributed by atoms with Crippen molar-refractivity contribution in [1.29, 1.82) is 0 Å². The Morgan fingerprint density at radius 3 is 2.23 bits per heavy atom. The number of amides is 1. The van der Waals surface area contributed by atoms with Crippen molar-refractivity contribution in [2.24, 2.45) is 0 Å². The van der Waals surface area contributed by atoms with Gasteiger partial charge in [0.25, 0.3) is 0 Å². The summed E-state index contributed by atoms with van der Waals surface area (Å²) in [5.41, 5.74) is 2.82. The van der Waals surface area contributed by atoms with Gasteiger partial charge in [0.2, 0.25) is 0 Å². The molecule has 3 unspecified atom stereocenters. The highest BCUT2D eigenvalue weighted by Crippen LogP contribution is 2.32. The average molecular weight is 535 g/mol. The number of ether oxygens (including phenoxy) is 3. The Bertz CT molecular complexity index is 1200. The van der Waals surface area contributed by atoms with E-state index in [9.17, 15) is 19.8 Å². The summed E-state index contributed by atoms with van der Waals surface area (Å²) in [4.78, 5) is 23.6.